The molecule has 0 atom stereocenters. The summed E-state index contributed by atoms with van der Waals surface area (Å²) in [6.45, 7) is 1.91. The van der Waals surface area contributed by atoms with Crippen LogP contribution in [-0.4, -0.2) is 18.8 Å². The van der Waals surface area contributed by atoms with E-state index in [0.717, 1.165) is 0 Å². The monoisotopic (exact) mass is 160 g/mol. The van der Waals surface area contributed by atoms with Gasteiger partial charge in [-0.3, -0.25) is 0 Å². The summed E-state index contributed by atoms with van der Waals surface area (Å²) in [4.78, 5) is 10.8. The van der Waals surface area contributed by atoms with Crippen LogP contribution >= 0.6 is 12.6 Å². The van der Waals surface area contributed by atoms with Crippen LogP contribution in [0.25, 0.3) is 0 Å². The Balaban J connectivity index is 4.06. The summed E-state index contributed by atoms with van der Waals surface area (Å²) < 4.78 is 4.51. The second kappa shape index (κ2) is 5.35. The van der Waals surface area contributed by atoms with E-state index in [1.807, 2.05) is 6.92 Å². The molecular formula is C7H12O2S. The summed E-state index contributed by atoms with van der Waals surface area (Å²) in [5.41, 5.74) is 0.692. The molecular weight excluding hydrogens is 148 g/mol. The van der Waals surface area contributed by atoms with E-state index in [-0.39, 0.29) is 5.97 Å². The zero-order valence-electron chi connectivity index (χ0n) is 6.26. The third kappa shape index (κ3) is 2.92. The molecule has 2 nitrogen and oxygen atoms in total. The first-order valence-corrected chi connectivity index (χ1v) is 3.77. The van der Waals surface area contributed by atoms with E-state index in [0.29, 0.717) is 17.7 Å². The van der Waals surface area contributed by atoms with Gasteiger partial charge in [0.25, 0.3) is 0 Å². The van der Waals surface area contributed by atoms with E-state index in [1.165, 1.54) is 7.11 Å². The number of methoxy groups -OCH3 is 1. The van der Waals surface area contributed by atoms with Crippen molar-refractivity contribution in [2.24, 2.45) is 0 Å². The van der Waals surface area contributed by atoms with Crippen LogP contribution in [0.1, 0.15) is 13.3 Å². The number of ether oxygens (including phenoxy) is 1. The minimum atomic E-state index is -0.253. The standard InChI is InChI=1S/C7H12O2S/c1-3-6(4-5-10)7(8)9-2/h4,10H,3,5H2,1-2H3/b6-4+. The molecule has 0 bridgehead atoms. The molecule has 0 aromatic heterocycles. The van der Waals surface area contributed by atoms with Gasteiger partial charge in [-0.25, -0.2) is 4.79 Å². The average Bonchev–Trinajstić information content (AvgIpc) is 1.99. The average molecular weight is 160 g/mol. The van der Waals surface area contributed by atoms with Crippen molar-refractivity contribution in [2.75, 3.05) is 12.9 Å². The Morgan fingerprint density at radius 1 is 1.70 bits per heavy atom. The molecule has 0 spiro atoms. The highest BCUT2D eigenvalue weighted by atomic mass is 32.1. The molecule has 0 unspecified atom stereocenters. The maximum absolute atomic E-state index is 10.8. The number of thiol groups is 1. The van der Waals surface area contributed by atoms with Crippen molar-refractivity contribution in [3.05, 3.63) is 11.6 Å². The Hall–Kier alpha value is -0.440. The normalized spacial score (nSPS) is 11.3. The predicted molar refractivity (Wildman–Crippen MR) is 44.2 cm³/mol. The second-order valence-electron chi connectivity index (χ2n) is 1.76. The summed E-state index contributed by atoms with van der Waals surface area (Å²) >= 11 is 3.96. The van der Waals surface area contributed by atoms with Crippen molar-refractivity contribution in [1.29, 1.82) is 0 Å². The Bertz CT molecular complexity index is 141. The molecule has 0 rings (SSSR count). The number of carbonyl (C=O) groups excluding carboxylic acids is 1. The fraction of sp³-hybridized carbons (Fsp3) is 0.571. The molecule has 0 saturated heterocycles. The minimum Gasteiger partial charge on any atom is -0.466 e. The molecule has 0 aliphatic rings. The lowest BCUT2D eigenvalue weighted by Gasteiger charge is -1.99. The van der Waals surface area contributed by atoms with Gasteiger partial charge in [-0.05, 0) is 6.42 Å². The van der Waals surface area contributed by atoms with Crippen molar-refractivity contribution in [2.45, 2.75) is 13.3 Å². The van der Waals surface area contributed by atoms with Gasteiger partial charge in [0.05, 0.1) is 7.11 Å². The molecule has 0 N–H and O–H groups in total. The quantitative estimate of drug-likeness (QED) is 0.384. The molecule has 0 radical (unpaired) electrons. The van der Waals surface area contributed by atoms with Crippen molar-refractivity contribution in [3.63, 3.8) is 0 Å². The van der Waals surface area contributed by atoms with Crippen LogP contribution in [0.3, 0.4) is 0 Å². The van der Waals surface area contributed by atoms with E-state index in [1.54, 1.807) is 6.08 Å². The fourth-order valence-electron chi connectivity index (χ4n) is 0.613. The van der Waals surface area contributed by atoms with Gasteiger partial charge < -0.3 is 4.74 Å². The molecule has 0 aromatic carbocycles. The van der Waals surface area contributed by atoms with E-state index in [9.17, 15) is 4.79 Å². The lowest BCUT2D eigenvalue weighted by atomic mass is 10.2. The Labute approximate surface area is 66.7 Å². The van der Waals surface area contributed by atoms with Gasteiger partial charge in [0, 0.05) is 11.3 Å². The molecule has 0 aromatic rings. The number of rotatable bonds is 3. The lowest BCUT2D eigenvalue weighted by Crippen LogP contribution is -2.03. The Morgan fingerprint density at radius 2 is 2.30 bits per heavy atom. The molecule has 3 heteroatoms. The lowest BCUT2D eigenvalue weighted by molar-refractivity contribution is -0.136. The number of hydrogen-bond donors (Lipinski definition) is 1. The molecule has 0 heterocycles. The van der Waals surface area contributed by atoms with Gasteiger partial charge in [-0.15, -0.1) is 0 Å². The number of esters is 1. The zero-order valence-corrected chi connectivity index (χ0v) is 7.15. The van der Waals surface area contributed by atoms with Gasteiger partial charge in [0.2, 0.25) is 0 Å². The van der Waals surface area contributed by atoms with Crippen LogP contribution in [0.5, 0.6) is 0 Å². The van der Waals surface area contributed by atoms with E-state index in [2.05, 4.69) is 17.4 Å². The smallest absolute Gasteiger partial charge is 0.333 e. The van der Waals surface area contributed by atoms with Crippen LogP contribution in [0.4, 0.5) is 0 Å². The number of carbonyl (C=O) groups is 1. The summed E-state index contributed by atoms with van der Waals surface area (Å²) in [5.74, 6) is 0.328. The first kappa shape index (κ1) is 9.56. The maximum Gasteiger partial charge on any atom is 0.333 e. The second-order valence-corrected chi connectivity index (χ2v) is 2.12. The molecule has 58 valence electrons. The predicted octanol–water partition coefficient (Wildman–Crippen LogP) is 1.43. The third-order valence-electron chi connectivity index (χ3n) is 1.17. The summed E-state index contributed by atoms with van der Waals surface area (Å²) in [6, 6.07) is 0. The van der Waals surface area contributed by atoms with Crippen molar-refractivity contribution >= 4 is 18.6 Å². The van der Waals surface area contributed by atoms with Gasteiger partial charge in [0.15, 0.2) is 0 Å². The zero-order chi connectivity index (χ0) is 7.98. The molecule has 0 saturated carbocycles. The number of hydrogen-bond acceptors (Lipinski definition) is 3. The van der Waals surface area contributed by atoms with Crippen LogP contribution in [0.15, 0.2) is 11.6 Å². The topological polar surface area (TPSA) is 26.3 Å². The SMILES string of the molecule is CC/C(=C\CS)C(=O)OC. The first-order chi connectivity index (χ1) is 4.76. The van der Waals surface area contributed by atoms with Crippen LogP contribution in [-0.2, 0) is 9.53 Å². The molecule has 0 aliphatic heterocycles. The highest BCUT2D eigenvalue weighted by Crippen LogP contribution is 2.02. The van der Waals surface area contributed by atoms with Crippen molar-refractivity contribution in [1.82, 2.24) is 0 Å². The van der Waals surface area contributed by atoms with E-state index >= 15 is 0 Å². The third-order valence-corrected chi connectivity index (χ3v) is 1.35. The van der Waals surface area contributed by atoms with Gasteiger partial charge >= 0.3 is 5.97 Å². The van der Waals surface area contributed by atoms with E-state index < -0.39 is 0 Å². The minimum absolute atomic E-state index is 0.253. The molecule has 10 heavy (non-hydrogen) atoms. The molecule has 0 amide bonds. The van der Waals surface area contributed by atoms with E-state index in [4.69, 9.17) is 0 Å². The summed E-state index contributed by atoms with van der Waals surface area (Å²) in [7, 11) is 1.38. The first-order valence-electron chi connectivity index (χ1n) is 3.14. The van der Waals surface area contributed by atoms with Gasteiger partial charge in [-0.1, -0.05) is 13.0 Å². The molecule has 0 aliphatic carbocycles. The van der Waals surface area contributed by atoms with Crippen LogP contribution < -0.4 is 0 Å². The van der Waals surface area contributed by atoms with Crippen molar-refractivity contribution in [3.8, 4) is 0 Å². The highest BCUT2D eigenvalue weighted by molar-refractivity contribution is 7.80. The highest BCUT2D eigenvalue weighted by Gasteiger charge is 2.04. The summed E-state index contributed by atoms with van der Waals surface area (Å²) in [5, 5.41) is 0. The summed E-state index contributed by atoms with van der Waals surface area (Å²) in [6.07, 6.45) is 2.46. The maximum atomic E-state index is 10.8. The molecule has 0 fully saturated rings. The van der Waals surface area contributed by atoms with Gasteiger partial charge in [0.1, 0.15) is 0 Å². The van der Waals surface area contributed by atoms with Crippen molar-refractivity contribution < 1.29 is 9.53 Å². The Morgan fingerprint density at radius 3 is 2.60 bits per heavy atom. The largest absolute Gasteiger partial charge is 0.466 e. The van der Waals surface area contributed by atoms with Gasteiger partial charge in [-0.2, -0.15) is 12.6 Å². The Kier molecular flexibility index (Phi) is 5.12. The van der Waals surface area contributed by atoms with Crippen LogP contribution in [0.2, 0.25) is 0 Å². The fourth-order valence-corrected chi connectivity index (χ4v) is 0.834. The van der Waals surface area contributed by atoms with Crippen LogP contribution in [0, 0.1) is 0 Å².